The largest absolute Gasteiger partial charge is 0.322 e. The summed E-state index contributed by atoms with van der Waals surface area (Å²) < 4.78 is 0. The van der Waals surface area contributed by atoms with Gasteiger partial charge in [0.05, 0.1) is 0 Å². The van der Waals surface area contributed by atoms with E-state index in [1.54, 1.807) is 4.90 Å². The molecule has 0 atom stereocenters. The molecule has 2 aromatic rings. The fourth-order valence-electron chi connectivity index (χ4n) is 3.14. The second-order valence-corrected chi connectivity index (χ2v) is 6.38. The fraction of sp³-hybridized carbons (Fsp3) is 0.300. The average Bonchev–Trinajstić information content (AvgIpc) is 2.54. The van der Waals surface area contributed by atoms with Crippen LogP contribution in [0.5, 0.6) is 0 Å². The molecule has 3 rings (SSSR count). The quantitative estimate of drug-likeness (QED) is 0.926. The van der Waals surface area contributed by atoms with Gasteiger partial charge in [0.25, 0.3) is 5.91 Å². The normalized spacial score (nSPS) is 14.6. The van der Waals surface area contributed by atoms with E-state index in [2.05, 4.69) is 5.32 Å². The third-order valence-electron chi connectivity index (χ3n) is 4.22. The minimum atomic E-state index is -0.135. The molecule has 0 radical (unpaired) electrons. The monoisotopic (exact) mass is 322 g/mol. The summed E-state index contributed by atoms with van der Waals surface area (Å²) in [5.41, 5.74) is 4.32. The summed E-state index contributed by atoms with van der Waals surface area (Å²) in [6, 6.07) is 13.3. The van der Waals surface area contributed by atoms with Crippen LogP contribution in [0.15, 0.2) is 42.5 Å². The maximum atomic E-state index is 12.5. The molecular formula is C20H22N2O2. The van der Waals surface area contributed by atoms with Crippen LogP contribution in [0.1, 0.15) is 40.7 Å². The first-order chi connectivity index (χ1) is 11.5. The molecule has 0 unspecified atom stereocenters. The van der Waals surface area contributed by atoms with Gasteiger partial charge >= 0.3 is 0 Å². The van der Waals surface area contributed by atoms with Crippen LogP contribution in [-0.4, -0.2) is 18.4 Å². The topological polar surface area (TPSA) is 49.4 Å². The van der Waals surface area contributed by atoms with Crippen LogP contribution in [0.2, 0.25) is 0 Å². The highest BCUT2D eigenvalue weighted by Crippen LogP contribution is 2.24. The minimum Gasteiger partial charge on any atom is -0.322 e. The SMILES string of the molecule is Cc1cc(C)cc(C(=O)Nc2cccc(N3CCCCC3=O)c2)c1. The summed E-state index contributed by atoms with van der Waals surface area (Å²) in [7, 11) is 0. The fourth-order valence-corrected chi connectivity index (χ4v) is 3.14. The third-order valence-corrected chi connectivity index (χ3v) is 4.22. The molecule has 4 nitrogen and oxygen atoms in total. The van der Waals surface area contributed by atoms with Gasteiger partial charge in [-0.25, -0.2) is 0 Å². The van der Waals surface area contributed by atoms with Crippen LogP contribution in [0.25, 0.3) is 0 Å². The first-order valence-corrected chi connectivity index (χ1v) is 8.33. The number of nitrogens with zero attached hydrogens (tertiary/aromatic N) is 1. The number of piperidine rings is 1. The zero-order valence-corrected chi connectivity index (χ0v) is 14.1. The molecule has 4 heteroatoms. The van der Waals surface area contributed by atoms with E-state index in [1.165, 1.54) is 0 Å². The number of carbonyl (C=O) groups excluding carboxylic acids is 2. The standard InChI is InChI=1S/C20H22N2O2/c1-14-10-15(2)12-16(11-14)20(24)21-17-6-5-7-18(13-17)22-9-4-3-8-19(22)23/h5-7,10-13H,3-4,8-9H2,1-2H3,(H,21,24). The van der Waals surface area contributed by atoms with Gasteiger partial charge in [0.15, 0.2) is 0 Å². The van der Waals surface area contributed by atoms with Gasteiger partial charge in [-0.15, -0.1) is 0 Å². The van der Waals surface area contributed by atoms with Crippen LogP contribution in [0.3, 0.4) is 0 Å². The van der Waals surface area contributed by atoms with Gasteiger partial charge in [0.1, 0.15) is 0 Å². The van der Waals surface area contributed by atoms with E-state index in [-0.39, 0.29) is 11.8 Å². The molecular weight excluding hydrogens is 300 g/mol. The van der Waals surface area contributed by atoms with E-state index in [0.717, 1.165) is 36.2 Å². The predicted octanol–water partition coefficient (Wildman–Crippen LogP) is 4.07. The molecule has 1 heterocycles. The molecule has 124 valence electrons. The first-order valence-electron chi connectivity index (χ1n) is 8.33. The maximum Gasteiger partial charge on any atom is 0.255 e. The Morgan fingerprint density at radius 1 is 1.04 bits per heavy atom. The third kappa shape index (κ3) is 3.65. The van der Waals surface area contributed by atoms with Crippen molar-refractivity contribution in [2.24, 2.45) is 0 Å². The zero-order chi connectivity index (χ0) is 17.1. The Morgan fingerprint density at radius 3 is 2.50 bits per heavy atom. The summed E-state index contributed by atoms with van der Waals surface area (Å²) in [5, 5.41) is 2.93. The molecule has 2 aromatic carbocycles. The number of benzene rings is 2. The molecule has 0 saturated carbocycles. The Morgan fingerprint density at radius 2 is 1.79 bits per heavy atom. The lowest BCUT2D eigenvalue weighted by Gasteiger charge is -2.27. The second kappa shape index (κ2) is 6.87. The number of hydrogen-bond donors (Lipinski definition) is 1. The van der Waals surface area contributed by atoms with Crippen molar-refractivity contribution in [3.8, 4) is 0 Å². The second-order valence-electron chi connectivity index (χ2n) is 6.38. The highest BCUT2D eigenvalue weighted by molar-refractivity contribution is 6.05. The number of carbonyl (C=O) groups is 2. The molecule has 0 aliphatic carbocycles. The van der Waals surface area contributed by atoms with Crippen LogP contribution >= 0.6 is 0 Å². The van der Waals surface area contributed by atoms with E-state index in [4.69, 9.17) is 0 Å². The summed E-state index contributed by atoms with van der Waals surface area (Å²) in [6.07, 6.45) is 2.57. The smallest absolute Gasteiger partial charge is 0.255 e. The van der Waals surface area contributed by atoms with Gasteiger partial charge in [0, 0.05) is 29.9 Å². The van der Waals surface area contributed by atoms with Crippen LogP contribution in [-0.2, 0) is 4.79 Å². The molecule has 0 bridgehead atoms. The Labute approximate surface area is 142 Å². The first kappa shape index (κ1) is 16.2. The summed E-state index contributed by atoms with van der Waals surface area (Å²) >= 11 is 0. The zero-order valence-electron chi connectivity index (χ0n) is 14.1. The van der Waals surface area contributed by atoms with Gasteiger partial charge in [-0.2, -0.15) is 0 Å². The number of anilines is 2. The molecule has 0 spiro atoms. The minimum absolute atomic E-state index is 0.135. The molecule has 1 aliphatic rings. The lowest BCUT2D eigenvalue weighted by Crippen LogP contribution is -2.35. The average molecular weight is 322 g/mol. The van der Waals surface area contributed by atoms with E-state index in [1.807, 2.05) is 56.3 Å². The predicted molar refractivity (Wildman–Crippen MR) is 96.5 cm³/mol. The van der Waals surface area contributed by atoms with Crippen molar-refractivity contribution >= 4 is 23.2 Å². The van der Waals surface area contributed by atoms with Crippen LogP contribution < -0.4 is 10.2 Å². The summed E-state index contributed by atoms with van der Waals surface area (Å²) in [5.74, 6) is 0.0166. The van der Waals surface area contributed by atoms with Gasteiger partial charge < -0.3 is 10.2 Å². The van der Waals surface area contributed by atoms with Crippen LogP contribution in [0.4, 0.5) is 11.4 Å². The Kier molecular flexibility index (Phi) is 4.65. The lowest BCUT2D eigenvalue weighted by molar-refractivity contribution is -0.119. The van der Waals surface area contributed by atoms with Gasteiger partial charge in [-0.05, 0) is 57.0 Å². The number of rotatable bonds is 3. The Balaban J connectivity index is 1.79. The van der Waals surface area contributed by atoms with Crippen molar-refractivity contribution in [2.45, 2.75) is 33.1 Å². The van der Waals surface area contributed by atoms with Crippen molar-refractivity contribution in [2.75, 3.05) is 16.8 Å². The van der Waals surface area contributed by atoms with Crippen molar-refractivity contribution < 1.29 is 9.59 Å². The molecule has 1 fully saturated rings. The van der Waals surface area contributed by atoms with Crippen molar-refractivity contribution in [3.63, 3.8) is 0 Å². The van der Waals surface area contributed by atoms with E-state index in [9.17, 15) is 9.59 Å². The number of hydrogen-bond acceptors (Lipinski definition) is 2. The summed E-state index contributed by atoms with van der Waals surface area (Å²) in [6.45, 7) is 4.70. The lowest BCUT2D eigenvalue weighted by atomic mass is 10.1. The van der Waals surface area contributed by atoms with Crippen molar-refractivity contribution in [1.29, 1.82) is 0 Å². The van der Waals surface area contributed by atoms with Crippen molar-refractivity contribution in [3.05, 3.63) is 59.2 Å². The van der Waals surface area contributed by atoms with Gasteiger partial charge in [-0.1, -0.05) is 23.3 Å². The molecule has 1 aliphatic heterocycles. The van der Waals surface area contributed by atoms with E-state index >= 15 is 0 Å². The number of nitrogens with one attached hydrogen (secondary N) is 1. The van der Waals surface area contributed by atoms with Crippen LogP contribution in [0, 0.1) is 13.8 Å². The molecule has 1 saturated heterocycles. The maximum absolute atomic E-state index is 12.5. The number of amides is 2. The number of aryl methyl sites for hydroxylation is 2. The molecule has 1 N–H and O–H groups in total. The molecule has 0 aromatic heterocycles. The molecule has 24 heavy (non-hydrogen) atoms. The molecule has 2 amide bonds. The Hall–Kier alpha value is -2.62. The Bertz CT molecular complexity index is 763. The highest BCUT2D eigenvalue weighted by Gasteiger charge is 2.19. The highest BCUT2D eigenvalue weighted by atomic mass is 16.2. The van der Waals surface area contributed by atoms with Gasteiger partial charge in [0.2, 0.25) is 5.91 Å². The van der Waals surface area contributed by atoms with Gasteiger partial charge in [-0.3, -0.25) is 9.59 Å². The van der Waals surface area contributed by atoms with E-state index in [0.29, 0.717) is 17.7 Å². The summed E-state index contributed by atoms with van der Waals surface area (Å²) in [4.78, 5) is 26.3. The van der Waals surface area contributed by atoms with Crippen molar-refractivity contribution in [1.82, 2.24) is 0 Å². The van der Waals surface area contributed by atoms with E-state index < -0.39 is 0 Å².